The largest absolute Gasteiger partial charge is 0.478 e. The van der Waals surface area contributed by atoms with Crippen LogP contribution in [-0.4, -0.2) is 31.3 Å². The second-order valence-electron chi connectivity index (χ2n) is 7.89. The van der Waals surface area contributed by atoms with Crippen LogP contribution in [0.2, 0.25) is 0 Å². The summed E-state index contributed by atoms with van der Waals surface area (Å²) in [6.45, 7) is 1.96. The van der Waals surface area contributed by atoms with Crippen LogP contribution in [0.15, 0.2) is 36.4 Å². The standard InChI is InChI=1S/C21H20FN3O4/c1-21(23)8-2-3-16-15(11-21)14-10-13(22)5-7-17(14)24(16)18-6-4-12(20(26)27)9-19(18)25(28)29/h4-7,9-10H,2-3,8,11,23H2,1H3,(H-,26,27,28,29)/p+1. The number of aromatic carboxylic acids is 1. The third-order valence-electron chi connectivity index (χ3n) is 5.55. The zero-order valence-electron chi connectivity index (χ0n) is 15.9. The lowest BCUT2D eigenvalue weighted by atomic mass is 9.91. The number of carboxylic acids is 1. The quantitative estimate of drug-likeness (QED) is 0.458. The molecule has 29 heavy (non-hydrogen) atoms. The molecule has 1 aromatic heterocycles. The van der Waals surface area contributed by atoms with E-state index >= 15 is 0 Å². The number of nitrogens with zero attached hydrogens (tertiary/aromatic N) is 2. The van der Waals surface area contributed by atoms with Gasteiger partial charge in [-0.25, -0.2) is 14.4 Å². The molecule has 1 unspecified atom stereocenters. The number of aromatic nitrogens is 1. The number of hydrogen-bond acceptors (Lipinski definition) is 3. The third-order valence-corrected chi connectivity index (χ3v) is 5.55. The number of carboxylic acid groups (broad SMARTS) is 1. The lowest BCUT2D eigenvalue weighted by molar-refractivity contribution is -0.729. The van der Waals surface area contributed by atoms with Gasteiger partial charge in [-0.3, -0.25) is 0 Å². The molecule has 0 amide bonds. The molecule has 4 N–H and O–H groups in total. The van der Waals surface area contributed by atoms with Gasteiger partial charge in [0, 0.05) is 22.7 Å². The van der Waals surface area contributed by atoms with Crippen LogP contribution in [0.4, 0.5) is 10.1 Å². The fraction of sp³-hybridized carbons (Fsp3) is 0.286. The normalized spacial score (nSPS) is 19.0. The van der Waals surface area contributed by atoms with E-state index in [0.717, 1.165) is 30.2 Å². The molecule has 8 heteroatoms. The van der Waals surface area contributed by atoms with Crippen LogP contribution in [0.5, 0.6) is 0 Å². The monoisotopic (exact) mass is 398 g/mol. The average molecular weight is 398 g/mol. The van der Waals surface area contributed by atoms with E-state index in [1.54, 1.807) is 10.6 Å². The zero-order chi connectivity index (χ0) is 20.9. The summed E-state index contributed by atoms with van der Waals surface area (Å²) in [5, 5.41) is 19.6. The number of carbonyl (C=O) groups is 1. The lowest BCUT2D eigenvalue weighted by Crippen LogP contribution is -2.37. The summed E-state index contributed by atoms with van der Waals surface area (Å²) < 4.78 is 15.9. The van der Waals surface area contributed by atoms with Gasteiger partial charge >= 0.3 is 11.7 Å². The van der Waals surface area contributed by atoms with Crippen molar-refractivity contribution in [3.63, 3.8) is 0 Å². The van der Waals surface area contributed by atoms with Gasteiger partial charge in [-0.1, -0.05) is 0 Å². The molecular weight excluding hydrogens is 377 g/mol. The molecule has 1 aliphatic carbocycles. The predicted octanol–water partition coefficient (Wildman–Crippen LogP) is 3.86. The van der Waals surface area contributed by atoms with Crippen LogP contribution in [0.1, 0.15) is 41.4 Å². The van der Waals surface area contributed by atoms with Crippen molar-refractivity contribution in [2.24, 2.45) is 5.73 Å². The SMILES string of the molecule is CC1(N)CCCc2c(c3cc(F)ccc3n2-c2ccc(C(=O)O)cc2[N+](=O)O)C1. The molecular formula is C21H21FN3O4+. The van der Waals surface area contributed by atoms with Crippen molar-refractivity contribution in [3.8, 4) is 5.69 Å². The van der Waals surface area contributed by atoms with Crippen molar-refractivity contribution in [2.45, 2.75) is 38.1 Å². The maximum Gasteiger partial charge on any atom is 0.341 e. The second kappa shape index (κ2) is 6.66. The van der Waals surface area contributed by atoms with E-state index in [-0.39, 0.29) is 22.0 Å². The molecule has 2 aromatic carbocycles. The highest BCUT2D eigenvalue weighted by Gasteiger charge is 2.32. The Hall–Kier alpha value is -3.26. The van der Waals surface area contributed by atoms with Crippen LogP contribution in [0, 0.1) is 10.7 Å². The van der Waals surface area contributed by atoms with Crippen molar-refractivity contribution in [1.82, 2.24) is 4.57 Å². The fourth-order valence-corrected chi connectivity index (χ4v) is 4.27. The lowest BCUT2D eigenvalue weighted by Gasteiger charge is -2.22. The van der Waals surface area contributed by atoms with Gasteiger partial charge in [0.25, 0.3) is 4.92 Å². The number of halogens is 1. The van der Waals surface area contributed by atoms with Crippen LogP contribution in [0.3, 0.4) is 0 Å². The molecule has 1 atom stereocenters. The van der Waals surface area contributed by atoms with Crippen molar-refractivity contribution in [3.05, 3.63) is 63.9 Å². The summed E-state index contributed by atoms with van der Waals surface area (Å²) in [6, 6.07) is 8.38. The highest BCUT2D eigenvalue weighted by Crippen LogP contribution is 2.38. The molecule has 0 spiro atoms. The van der Waals surface area contributed by atoms with E-state index in [0.29, 0.717) is 29.4 Å². The maximum absolute atomic E-state index is 14.1. The Kier molecular flexibility index (Phi) is 4.38. The Bertz CT molecular complexity index is 1170. The van der Waals surface area contributed by atoms with E-state index in [2.05, 4.69) is 0 Å². The summed E-state index contributed by atoms with van der Waals surface area (Å²) in [6.07, 6.45) is 2.79. The number of hydrogen-bond donors (Lipinski definition) is 3. The molecule has 0 radical (unpaired) electrons. The summed E-state index contributed by atoms with van der Waals surface area (Å²) in [4.78, 5) is 22.8. The first kappa shape index (κ1) is 19.1. The average Bonchev–Trinajstić information content (AvgIpc) is 2.82. The van der Waals surface area contributed by atoms with Crippen LogP contribution >= 0.6 is 0 Å². The van der Waals surface area contributed by atoms with E-state index in [9.17, 15) is 24.4 Å². The molecule has 1 aliphatic rings. The Balaban J connectivity index is 2.07. The van der Waals surface area contributed by atoms with Crippen LogP contribution in [0.25, 0.3) is 16.6 Å². The minimum Gasteiger partial charge on any atom is -0.478 e. The first-order valence-corrected chi connectivity index (χ1v) is 9.32. The van der Waals surface area contributed by atoms with E-state index < -0.39 is 11.5 Å². The highest BCUT2D eigenvalue weighted by atomic mass is 19.1. The predicted molar refractivity (Wildman–Crippen MR) is 105 cm³/mol. The minimum atomic E-state index is -1.21. The van der Waals surface area contributed by atoms with Gasteiger partial charge in [-0.2, -0.15) is 0 Å². The second-order valence-corrected chi connectivity index (χ2v) is 7.89. The smallest absolute Gasteiger partial charge is 0.341 e. The van der Waals surface area contributed by atoms with Crippen molar-refractivity contribution < 1.29 is 24.4 Å². The Morgan fingerprint density at radius 3 is 2.72 bits per heavy atom. The van der Waals surface area contributed by atoms with Crippen molar-refractivity contribution in [2.75, 3.05) is 0 Å². The van der Waals surface area contributed by atoms with Gasteiger partial charge in [-0.05, 0) is 68.5 Å². The van der Waals surface area contributed by atoms with Gasteiger partial charge in [0.05, 0.1) is 16.0 Å². The Labute approximate surface area is 165 Å². The third kappa shape index (κ3) is 3.25. The molecule has 0 saturated heterocycles. The summed E-state index contributed by atoms with van der Waals surface area (Å²) in [5.41, 5.74) is 8.44. The van der Waals surface area contributed by atoms with Crippen molar-refractivity contribution in [1.29, 1.82) is 0 Å². The molecule has 4 rings (SSSR count). The number of benzene rings is 2. The van der Waals surface area contributed by atoms with E-state index in [1.807, 2.05) is 6.92 Å². The Morgan fingerprint density at radius 1 is 1.28 bits per heavy atom. The number of nitrogens with two attached hydrogens (primary N) is 1. The van der Waals surface area contributed by atoms with Crippen molar-refractivity contribution >= 4 is 22.6 Å². The Morgan fingerprint density at radius 2 is 2.03 bits per heavy atom. The molecule has 150 valence electrons. The van der Waals surface area contributed by atoms with Gasteiger partial charge in [0.15, 0.2) is 0 Å². The molecule has 0 bridgehead atoms. The first-order chi connectivity index (χ1) is 13.7. The maximum atomic E-state index is 14.1. The van der Waals surface area contributed by atoms with Crippen LogP contribution < -0.4 is 5.73 Å². The van der Waals surface area contributed by atoms with Gasteiger partial charge in [0.2, 0.25) is 0 Å². The van der Waals surface area contributed by atoms with Gasteiger partial charge in [0.1, 0.15) is 11.5 Å². The molecule has 0 saturated carbocycles. The minimum absolute atomic E-state index is 0.123. The zero-order valence-corrected chi connectivity index (χ0v) is 15.9. The summed E-state index contributed by atoms with van der Waals surface area (Å²) in [5.74, 6) is -1.59. The van der Waals surface area contributed by atoms with E-state index in [1.165, 1.54) is 24.3 Å². The topological polar surface area (TPSA) is 109 Å². The van der Waals surface area contributed by atoms with E-state index in [4.69, 9.17) is 5.73 Å². The first-order valence-electron chi connectivity index (χ1n) is 9.32. The van der Waals surface area contributed by atoms with Gasteiger partial charge in [-0.15, -0.1) is 0 Å². The fourth-order valence-electron chi connectivity index (χ4n) is 4.27. The number of rotatable bonds is 3. The highest BCUT2D eigenvalue weighted by molar-refractivity contribution is 5.91. The van der Waals surface area contributed by atoms with Gasteiger partial charge < -0.3 is 15.4 Å². The summed E-state index contributed by atoms with van der Waals surface area (Å²) >= 11 is 0. The molecule has 3 aromatic rings. The number of fused-ring (bicyclic) bond motifs is 3. The molecule has 0 fully saturated rings. The summed E-state index contributed by atoms with van der Waals surface area (Å²) in [7, 11) is 0. The van der Waals surface area contributed by atoms with Crippen LogP contribution in [-0.2, 0) is 12.8 Å². The molecule has 1 heterocycles. The molecule has 7 nitrogen and oxygen atoms in total. The molecule has 0 aliphatic heterocycles.